The van der Waals surface area contributed by atoms with Gasteiger partial charge in [-0.3, -0.25) is 0 Å². The lowest BCUT2D eigenvalue weighted by molar-refractivity contribution is 0.0697. The van der Waals surface area contributed by atoms with Crippen LogP contribution in [-0.4, -0.2) is 16.2 Å². The number of rotatable bonds is 2. The van der Waals surface area contributed by atoms with Gasteiger partial charge in [0.05, 0.1) is 5.56 Å². The van der Waals surface area contributed by atoms with Crippen molar-refractivity contribution in [1.29, 1.82) is 0 Å². The SMILES string of the molecule is O=C(O)c1ccc(O)cc1-c1ccc(F)cc1F. The first kappa shape index (κ1) is 12.0. The van der Waals surface area contributed by atoms with Crippen LogP contribution in [0, 0.1) is 11.6 Å². The van der Waals surface area contributed by atoms with E-state index >= 15 is 0 Å². The maximum absolute atomic E-state index is 13.6. The van der Waals surface area contributed by atoms with Crippen molar-refractivity contribution in [3.8, 4) is 16.9 Å². The average Bonchev–Trinajstić information content (AvgIpc) is 2.28. The fourth-order valence-electron chi connectivity index (χ4n) is 1.65. The summed E-state index contributed by atoms with van der Waals surface area (Å²) in [6.45, 7) is 0. The molecule has 0 saturated carbocycles. The van der Waals surface area contributed by atoms with E-state index in [0.29, 0.717) is 6.07 Å². The second-order valence-electron chi connectivity index (χ2n) is 3.66. The molecule has 0 spiro atoms. The number of hydrogen-bond acceptors (Lipinski definition) is 2. The molecule has 0 radical (unpaired) electrons. The molecule has 0 aliphatic heterocycles. The summed E-state index contributed by atoms with van der Waals surface area (Å²) in [5.41, 5.74) is -0.247. The van der Waals surface area contributed by atoms with E-state index in [1.807, 2.05) is 0 Å². The van der Waals surface area contributed by atoms with Crippen molar-refractivity contribution in [3.05, 3.63) is 53.6 Å². The third-order valence-electron chi connectivity index (χ3n) is 2.45. The molecule has 2 aromatic rings. The average molecular weight is 250 g/mol. The minimum absolute atomic E-state index is 0.000000000000000666. The predicted octanol–water partition coefficient (Wildman–Crippen LogP) is 3.04. The molecule has 0 aromatic heterocycles. The number of phenols is 1. The molecule has 0 heterocycles. The highest BCUT2D eigenvalue weighted by Gasteiger charge is 2.15. The number of benzene rings is 2. The zero-order valence-electron chi connectivity index (χ0n) is 9.02. The van der Waals surface area contributed by atoms with Crippen LogP contribution in [0.4, 0.5) is 8.78 Å². The van der Waals surface area contributed by atoms with Crippen LogP contribution in [0.1, 0.15) is 10.4 Å². The van der Waals surface area contributed by atoms with Gasteiger partial charge >= 0.3 is 5.97 Å². The fraction of sp³-hybridized carbons (Fsp3) is 0. The predicted molar refractivity (Wildman–Crippen MR) is 60.4 cm³/mol. The van der Waals surface area contributed by atoms with Gasteiger partial charge in [0.25, 0.3) is 0 Å². The molecule has 18 heavy (non-hydrogen) atoms. The van der Waals surface area contributed by atoms with E-state index in [1.165, 1.54) is 6.07 Å². The van der Waals surface area contributed by atoms with Crippen LogP contribution in [0.2, 0.25) is 0 Å². The molecule has 0 aliphatic carbocycles. The van der Waals surface area contributed by atoms with Gasteiger partial charge in [0.2, 0.25) is 0 Å². The summed E-state index contributed by atoms with van der Waals surface area (Å²) in [5, 5.41) is 18.3. The van der Waals surface area contributed by atoms with Crippen LogP contribution in [0.15, 0.2) is 36.4 Å². The van der Waals surface area contributed by atoms with E-state index in [2.05, 4.69) is 0 Å². The van der Waals surface area contributed by atoms with Gasteiger partial charge in [-0.1, -0.05) is 0 Å². The molecule has 3 nitrogen and oxygen atoms in total. The van der Waals surface area contributed by atoms with Crippen LogP contribution in [0.5, 0.6) is 5.75 Å². The Morgan fingerprint density at radius 2 is 1.72 bits per heavy atom. The van der Waals surface area contributed by atoms with E-state index in [9.17, 15) is 18.7 Å². The molecular weight excluding hydrogens is 242 g/mol. The fourth-order valence-corrected chi connectivity index (χ4v) is 1.65. The summed E-state index contributed by atoms with van der Waals surface area (Å²) < 4.78 is 26.4. The highest BCUT2D eigenvalue weighted by molar-refractivity contribution is 5.96. The van der Waals surface area contributed by atoms with Crippen LogP contribution >= 0.6 is 0 Å². The van der Waals surface area contributed by atoms with Crippen molar-refractivity contribution in [2.24, 2.45) is 0 Å². The number of aromatic hydroxyl groups is 1. The van der Waals surface area contributed by atoms with Gasteiger partial charge in [0, 0.05) is 17.2 Å². The van der Waals surface area contributed by atoms with Crippen molar-refractivity contribution in [2.45, 2.75) is 0 Å². The summed E-state index contributed by atoms with van der Waals surface area (Å²) in [7, 11) is 0. The Labute approximate surface area is 101 Å². The first-order valence-corrected chi connectivity index (χ1v) is 5.01. The molecule has 0 bridgehead atoms. The molecule has 0 atom stereocenters. The Morgan fingerprint density at radius 1 is 1.00 bits per heavy atom. The van der Waals surface area contributed by atoms with Crippen LogP contribution in [0.3, 0.4) is 0 Å². The maximum atomic E-state index is 13.6. The lowest BCUT2D eigenvalue weighted by Gasteiger charge is -2.08. The van der Waals surface area contributed by atoms with Gasteiger partial charge in [-0.05, 0) is 30.3 Å². The number of carbonyl (C=O) groups is 1. The molecule has 2 rings (SSSR count). The lowest BCUT2D eigenvalue weighted by Crippen LogP contribution is -2.00. The second kappa shape index (κ2) is 4.44. The highest BCUT2D eigenvalue weighted by Crippen LogP contribution is 2.30. The number of carboxylic acid groups (broad SMARTS) is 1. The van der Waals surface area contributed by atoms with E-state index < -0.39 is 17.6 Å². The number of aromatic carboxylic acids is 1. The highest BCUT2D eigenvalue weighted by atomic mass is 19.1. The maximum Gasteiger partial charge on any atom is 0.336 e. The van der Waals surface area contributed by atoms with Crippen LogP contribution < -0.4 is 0 Å². The van der Waals surface area contributed by atoms with Crippen molar-refractivity contribution >= 4 is 5.97 Å². The molecule has 5 heteroatoms. The van der Waals surface area contributed by atoms with Gasteiger partial charge < -0.3 is 10.2 Å². The molecule has 0 aliphatic rings. The van der Waals surface area contributed by atoms with Crippen molar-refractivity contribution in [3.63, 3.8) is 0 Å². The van der Waals surface area contributed by atoms with Crippen molar-refractivity contribution < 1.29 is 23.8 Å². The van der Waals surface area contributed by atoms with Gasteiger partial charge in [-0.15, -0.1) is 0 Å². The van der Waals surface area contributed by atoms with E-state index in [4.69, 9.17) is 5.11 Å². The molecule has 2 N–H and O–H groups in total. The molecule has 92 valence electrons. The Hall–Kier alpha value is -2.43. The topological polar surface area (TPSA) is 57.5 Å². The van der Waals surface area contributed by atoms with E-state index in [-0.39, 0.29) is 22.4 Å². The third-order valence-corrected chi connectivity index (χ3v) is 2.45. The molecule has 0 unspecified atom stereocenters. The zero-order valence-corrected chi connectivity index (χ0v) is 9.02. The summed E-state index contributed by atoms with van der Waals surface area (Å²) in [6.07, 6.45) is 0. The molecule has 0 fully saturated rings. The normalized spacial score (nSPS) is 10.3. The van der Waals surface area contributed by atoms with Crippen LogP contribution in [0.25, 0.3) is 11.1 Å². The molecular formula is C13H8F2O3. The van der Waals surface area contributed by atoms with Gasteiger partial charge in [0.1, 0.15) is 17.4 Å². The first-order chi connectivity index (χ1) is 8.49. The number of phenolic OH excluding ortho intramolecular Hbond substituents is 1. The summed E-state index contributed by atoms with van der Waals surface area (Å²) >= 11 is 0. The monoisotopic (exact) mass is 250 g/mol. The summed E-state index contributed by atoms with van der Waals surface area (Å²) in [6, 6.07) is 6.29. The van der Waals surface area contributed by atoms with Gasteiger partial charge in [-0.25, -0.2) is 13.6 Å². The van der Waals surface area contributed by atoms with Crippen molar-refractivity contribution in [1.82, 2.24) is 0 Å². The molecule has 0 amide bonds. The number of carboxylic acids is 1. The van der Waals surface area contributed by atoms with Gasteiger partial charge in [0.15, 0.2) is 0 Å². The van der Waals surface area contributed by atoms with E-state index in [1.54, 1.807) is 0 Å². The van der Waals surface area contributed by atoms with Gasteiger partial charge in [-0.2, -0.15) is 0 Å². The quantitative estimate of drug-likeness (QED) is 0.861. The minimum atomic E-state index is -1.26. The standard InChI is InChI=1S/C13H8F2O3/c14-7-1-3-9(12(15)5-7)11-6-8(16)2-4-10(11)13(17)18/h1-6,16H,(H,17,18). The van der Waals surface area contributed by atoms with E-state index in [0.717, 1.165) is 24.3 Å². The Bertz CT molecular complexity index is 624. The number of halogens is 2. The second-order valence-corrected chi connectivity index (χ2v) is 3.66. The third kappa shape index (κ3) is 2.15. The Balaban J connectivity index is 2.69. The lowest BCUT2D eigenvalue weighted by atomic mass is 9.99. The summed E-state index contributed by atoms with van der Waals surface area (Å²) in [5.74, 6) is -3.09. The summed E-state index contributed by atoms with van der Waals surface area (Å²) in [4.78, 5) is 11.0. The first-order valence-electron chi connectivity index (χ1n) is 5.01. The Kier molecular flexibility index (Phi) is 2.97. The molecule has 2 aromatic carbocycles. The largest absolute Gasteiger partial charge is 0.508 e. The smallest absolute Gasteiger partial charge is 0.336 e. The Morgan fingerprint density at radius 3 is 2.33 bits per heavy atom. The van der Waals surface area contributed by atoms with Crippen LogP contribution in [-0.2, 0) is 0 Å². The molecule has 0 saturated heterocycles. The number of hydrogen-bond donors (Lipinski definition) is 2. The minimum Gasteiger partial charge on any atom is -0.508 e. The van der Waals surface area contributed by atoms with Crippen molar-refractivity contribution in [2.75, 3.05) is 0 Å². The zero-order chi connectivity index (χ0) is 13.3.